The molecule has 0 saturated heterocycles. The van der Waals surface area contributed by atoms with Crippen molar-refractivity contribution in [2.24, 2.45) is 5.92 Å². The van der Waals surface area contributed by atoms with Crippen molar-refractivity contribution in [1.82, 2.24) is 15.1 Å². The lowest BCUT2D eigenvalue weighted by Crippen LogP contribution is -2.21. The molecule has 0 saturated carbocycles. The lowest BCUT2D eigenvalue weighted by atomic mass is 10.1. The molecule has 0 unspecified atom stereocenters. The fourth-order valence-electron chi connectivity index (χ4n) is 1.97. The van der Waals surface area contributed by atoms with E-state index < -0.39 is 0 Å². The van der Waals surface area contributed by atoms with Crippen LogP contribution in [0.2, 0.25) is 0 Å². The van der Waals surface area contributed by atoms with Crippen molar-refractivity contribution >= 4 is 0 Å². The highest BCUT2D eigenvalue weighted by molar-refractivity contribution is 5.41. The molecular formula is C15H20FN3. The summed E-state index contributed by atoms with van der Waals surface area (Å²) in [6, 6.07) is 7.01. The first-order valence-corrected chi connectivity index (χ1v) is 6.58. The van der Waals surface area contributed by atoms with Crippen LogP contribution in [0.15, 0.2) is 30.5 Å². The van der Waals surface area contributed by atoms with Gasteiger partial charge in [0.05, 0.1) is 11.4 Å². The van der Waals surface area contributed by atoms with Gasteiger partial charge in [-0.15, -0.1) is 0 Å². The number of nitrogens with zero attached hydrogens (tertiary/aromatic N) is 2. The minimum Gasteiger partial charge on any atom is -0.312 e. The molecule has 1 aromatic carbocycles. The van der Waals surface area contributed by atoms with Crippen LogP contribution in [-0.2, 0) is 6.54 Å². The second kappa shape index (κ2) is 5.97. The smallest absolute Gasteiger partial charge is 0.129 e. The summed E-state index contributed by atoms with van der Waals surface area (Å²) < 4.78 is 15.7. The summed E-state index contributed by atoms with van der Waals surface area (Å²) in [5, 5.41) is 7.63. The number of aromatic nitrogens is 2. The summed E-state index contributed by atoms with van der Waals surface area (Å²) in [4.78, 5) is 0. The normalized spacial score (nSPS) is 11.2. The molecule has 0 fully saturated rings. The molecule has 0 atom stereocenters. The van der Waals surface area contributed by atoms with Gasteiger partial charge in [-0.1, -0.05) is 19.9 Å². The first kappa shape index (κ1) is 13.7. The first-order valence-electron chi connectivity index (χ1n) is 6.58. The predicted molar refractivity (Wildman–Crippen MR) is 74.8 cm³/mol. The standard InChI is InChI=1S/C15H20FN3/c1-11(2)9-17-10-13-14(16)5-4-6-15(13)19-8-7-12(3)18-19/h4-8,11,17H,9-10H2,1-3H3. The molecule has 0 aliphatic rings. The fraction of sp³-hybridized carbons (Fsp3) is 0.400. The summed E-state index contributed by atoms with van der Waals surface area (Å²) in [6.45, 7) is 7.57. The summed E-state index contributed by atoms with van der Waals surface area (Å²) in [5.74, 6) is 0.351. The maximum atomic E-state index is 14.0. The first-order chi connectivity index (χ1) is 9.08. The third-order valence-electron chi connectivity index (χ3n) is 2.92. The van der Waals surface area contributed by atoms with Gasteiger partial charge < -0.3 is 5.32 Å². The van der Waals surface area contributed by atoms with Crippen molar-refractivity contribution in [3.63, 3.8) is 0 Å². The maximum absolute atomic E-state index is 14.0. The Bertz CT molecular complexity index is 546. The molecule has 0 amide bonds. The van der Waals surface area contributed by atoms with E-state index in [1.165, 1.54) is 6.07 Å². The zero-order valence-electron chi connectivity index (χ0n) is 11.7. The van der Waals surface area contributed by atoms with Gasteiger partial charge in [0.15, 0.2) is 0 Å². The second-order valence-electron chi connectivity index (χ2n) is 5.16. The van der Waals surface area contributed by atoms with E-state index in [0.717, 1.165) is 17.9 Å². The van der Waals surface area contributed by atoms with Crippen LogP contribution in [0.25, 0.3) is 5.69 Å². The molecule has 2 aromatic rings. The molecule has 102 valence electrons. The molecular weight excluding hydrogens is 241 g/mol. The van der Waals surface area contributed by atoms with Crippen LogP contribution in [0, 0.1) is 18.7 Å². The Hall–Kier alpha value is -1.68. The highest BCUT2D eigenvalue weighted by atomic mass is 19.1. The minimum absolute atomic E-state index is 0.193. The van der Waals surface area contributed by atoms with Gasteiger partial charge in [0.25, 0.3) is 0 Å². The Morgan fingerprint density at radius 1 is 1.32 bits per heavy atom. The summed E-state index contributed by atoms with van der Waals surface area (Å²) in [6.07, 6.45) is 1.86. The topological polar surface area (TPSA) is 29.9 Å². The predicted octanol–water partition coefficient (Wildman–Crippen LogP) is 3.07. The van der Waals surface area contributed by atoms with Gasteiger partial charge in [-0.05, 0) is 37.6 Å². The molecule has 0 radical (unpaired) electrons. The fourth-order valence-corrected chi connectivity index (χ4v) is 1.97. The molecule has 4 heteroatoms. The van der Waals surface area contributed by atoms with Crippen LogP contribution in [0.4, 0.5) is 4.39 Å². The van der Waals surface area contributed by atoms with Gasteiger partial charge in [0.1, 0.15) is 5.82 Å². The van der Waals surface area contributed by atoms with Crippen molar-refractivity contribution in [2.75, 3.05) is 6.54 Å². The molecule has 0 bridgehead atoms. The minimum atomic E-state index is -0.193. The number of rotatable bonds is 5. The summed E-state index contributed by atoms with van der Waals surface area (Å²) >= 11 is 0. The number of nitrogens with one attached hydrogen (secondary N) is 1. The average Bonchev–Trinajstić information content (AvgIpc) is 2.77. The van der Waals surface area contributed by atoms with E-state index in [4.69, 9.17) is 0 Å². The highest BCUT2D eigenvalue weighted by Gasteiger charge is 2.10. The van der Waals surface area contributed by atoms with Crippen molar-refractivity contribution in [3.05, 3.63) is 47.5 Å². The van der Waals surface area contributed by atoms with Gasteiger partial charge in [0.2, 0.25) is 0 Å². The summed E-state index contributed by atoms with van der Waals surface area (Å²) in [5.41, 5.74) is 2.38. The van der Waals surface area contributed by atoms with Gasteiger partial charge >= 0.3 is 0 Å². The van der Waals surface area contributed by atoms with Crippen molar-refractivity contribution in [1.29, 1.82) is 0 Å². The van der Waals surface area contributed by atoms with E-state index in [1.807, 2.05) is 25.3 Å². The quantitative estimate of drug-likeness (QED) is 0.896. The van der Waals surface area contributed by atoms with E-state index >= 15 is 0 Å². The van der Waals surface area contributed by atoms with Gasteiger partial charge in [-0.3, -0.25) is 0 Å². The molecule has 1 aromatic heterocycles. The number of hydrogen-bond acceptors (Lipinski definition) is 2. The van der Waals surface area contributed by atoms with Gasteiger partial charge in [0, 0.05) is 18.3 Å². The molecule has 1 N–H and O–H groups in total. The van der Waals surface area contributed by atoms with Crippen molar-refractivity contribution in [2.45, 2.75) is 27.3 Å². The maximum Gasteiger partial charge on any atom is 0.129 e. The number of aryl methyl sites for hydroxylation is 1. The molecule has 2 rings (SSSR count). The van der Waals surface area contributed by atoms with Crippen LogP contribution >= 0.6 is 0 Å². The molecule has 3 nitrogen and oxygen atoms in total. The lowest BCUT2D eigenvalue weighted by Gasteiger charge is -2.13. The number of benzene rings is 1. The Labute approximate surface area is 113 Å². The molecule has 19 heavy (non-hydrogen) atoms. The zero-order valence-corrected chi connectivity index (χ0v) is 11.7. The van der Waals surface area contributed by atoms with E-state index in [9.17, 15) is 4.39 Å². The Morgan fingerprint density at radius 3 is 2.74 bits per heavy atom. The summed E-state index contributed by atoms with van der Waals surface area (Å²) in [7, 11) is 0. The van der Waals surface area contributed by atoms with Crippen LogP contribution in [0.3, 0.4) is 0 Å². The highest BCUT2D eigenvalue weighted by Crippen LogP contribution is 2.17. The van der Waals surface area contributed by atoms with E-state index in [-0.39, 0.29) is 5.82 Å². The van der Waals surface area contributed by atoms with Crippen LogP contribution in [0.5, 0.6) is 0 Å². The average molecular weight is 261 g/mol. The molecule has 1 heterocycles. The number of halogens is 1. The SMILES string of the molecule is Cc1ccn(-c2cccc(F)c2CNCC(C)C)n1. The van der Waals surface area contributed by atoms with Crippen molar-refractivity contribution in [3.8, 4) is 5.69 Å². The Balaban J connectivity index is 2.26. The number of hydrogen-bond donors (Lipinski definition) is 1. The third kappa shape index (κ3) is 3.41. The van der Waals surface area contributed by atoms with E-state index in [1.54, 1.807) is 10.7 Å². The van der Waals surface area contributed by atoms with Crippen molar-refractivity contribution < 1.29 is 4.39 Å². The third-order valence-corrected chi connectivity index (χ3v) is 2.92. The zero-order chi connectivity index (χ0) is 13.8. The van der Waals surface area contributed by atoms with E-state index in [2.05, 4.69) is 24.3 Å². The second-order valence-corrected chi connectivity index (χ2v) is 5.16. The van der Waals surface area contributed by atoms with Crippen LogP contribution in [0.1, 0.15) is 25.1 Å². The largest absolute Gasteiger partial charge is 0.312 e. The molecule has 0 aliphatic carbocycles. The Kier molecular flexibility index (Phi) is 4.32. The van der Waals surface area contributed by atoms with Gasteiger partial charge in [-0.2, -0.15) is 5.10 Å². The molecule has 0 aliphatic heterocycles. The van der Waals surface area contributed by atoms with Crippen LogP contribution in [-0.4, -0.2) is 16.3 Å². The Morgan fingerprint density at radius 2 is 2.11 bits per heavy atom. The van der Waals surface area contributed by atoms with Gasteiger partial charge in [-0.25, -0.2) is 9.07 Å². The molecule has 0 spiro atoms. The lowest BCUT2D eigenvalue weighted by molar-refractivity contribution is 0.532. The monoisotopic (exact) mass is 261 g/mol. The van der Waals surface area contributed by atoms with Crippen LogP contribution < -0.4 is 5.32 Å². The van der Waals surface area contributed by atoms with E-state index in [0.29, 0.717) is 18.0 Å².